The van der Waals surface area contributed by atoms with Crippen LogP contribution in [0.4, 0.5) is 11.4 Å². The summed E-state index contributed by atoms with van der Waals surface area (Å²) in [6, 6.07) is 20.7. The Morgan fingerprint density at radius 3 is 2.21 bits per heavy atom. The number of anilines is 2. The van der Waals surface area contributed by atoms with Gasteiger partial charge in [0.2, 0.25) is 5.91 Å². The summed E-state index contributed by atoms with van der Waals surface area (Å²) in [6.45, 7) is 5.67. The molecule has 0 saturated carbocycles. The first-order valence-electron chi connectivity index (χ1n) is 10.8. The Morgan fingerprint density at radius 2 is 1.61 bits per heavy atom. The number of hydrogen-bond acceptors (Lipinski definition) is 4. The summed E-state index contributed by atoms with van der Waals surface area (Å²) in [7, 11) is 0. The first-order valence-corrected chi connectivity index (χ1v) is 11.2. The van der Waals surface area contributed by atoms with Crippen LogP contribution in [-0.4, -0.2) is 30.1 Å². The summed E-state index contributed by atoms with van der Waals surface area (Å²) in [5, 5.41) is 13.1. The van der Waals surface area contributed by atoms with E-state index in [1.807, 2.05) is 38.1 Å². The number of nitrogens with zero attached hydrogens (tertiary/aromatic N) is 1. The lowest BCUT2D eigenvalue weighted by Crippen LogP contribution is -2.70. The molecule has 1 fully saturated rings. The number of carbonyl (C=O) groups is 2. The number of amides is 2. The fraction of sp³-hybridized carbons (Fsp3) is 0.231. The van der Waals surface area contributed by atoms with Crippen molar-refractivity contribution in [3.63, 3.8) is 0 Å². The van der Waals surface area contributed by atoms with Crippen molar-refractivity contribution in [1.82, 2.24) is 0 Å². The maximum absolute atomic E-state index is 13.3. The quantitative estimate of drug-likeness (QED) is 0.528. The molecule has 0 radical (unpaired) electrons. The molecule has 2 aliphatic heterocycles. The summed E-state index contributed by atoms with van der Waals surface area (Å²) < 4.78 is 4.83. The molecule has 6 nitrogen and oxygen atoms in total. The van der Waals surface area contributed by atoms with Crippen LogP contribution in [0.3, 0.4) is 0 Å². The lowest BCUT2D eigenvalue weighted by molar-refractivity contribution is -0.139. The van der Waals surface area contributed by atoms with Crippen LogP contribution in [0.1, 0.15) is 30.9 Å². The lowest BCUT2D eigenvalue weighted by Gasteiger charge is -2.54. The summed E-state index contributed by atoms with van der Waals surface area (Å²) in [5.74, 6) is -1.00. The molecule has 1 saturated heterocycles. The molecule has 7 heteroatoms. The van der Waals surface area contributed by atoms with E-state index in [-0.39, 0.29) is 17.6 Å². The second-order valence-corrected chi connectivity index (χ2v) is 8.16. The van der Waals surface area contributed by atoms with E-state index in [0.29, 0.717) is 16.4 Å². The SMILES string of the molecule is CCOCC.O=C1[C@H](c2ccc(Cl)cc2)[C@]2(C(=O)Nc3ccccc32)N1c1ccc(O)cc1. The number of carbonyl (C=O) groups excluding carboxylic acids is 2. The molecule has 0 aliphatic carbocycles. The van der Waals surface area contributed by atoms with Crippen LogP contribution < -0.4 is 10.2 Å². The van der Waals surface area contributed by atoms with Crippen LogP contribution in [0.5, 0.6) is 5.75 Å². The minimum absolute atomic E-state index is 0.0938. The number of halogens is 1. The number of aromatic hydroxyl groups is 1. The van der Waals surface area contributed by atoms with Crippen molar-refractivity contribution < 1.29 is 19.4 Å². The van der Waals surface area contributed by atoms with E-state index in [1.165, 1.54) is 17.0 Å². The molecule has 2 heterocycles. The highest BCUT2D eigenvalue weighted by Gasteiger charge is 2.69. The molecule has 0 aromatic heterocycles. The molecule has 33 heavy (non-hydrogen) atoms. The molecule has 0 bridgehead atoms. The summed E-state index contributed by atoms with van der Waals surface area (Å²) in [4.78, 5) is 28.1. The van der Waals surface area contributed by atoms with Crippen LogP contribution in [0, 0.1) is 0 Å². The summed E-state index contributed by atoms with van der Waals surface area (Å²) >= 11 is 6.02. The van der Waals surface area contributed by atoms with Gasteiger partial charge < -0.3 is 15.2 Å². The molecule has 0 unspecified atom stereocenters. The number of phenolic OH excluding ortho intramolecular Hbond substituents is 1. The van der Waals surface area contributed by atoms with Crippen molar-refractivity contribution in [3.05, 3.63) is 88.9 Å². The van der Waals surface area contributed by atoms with Crippen LogP contribution in [0.15, 0.2) is 72.8 Å². The predicted molar refractivity (Wildman–Crippen MR) is 129 cm³/mol. The van der Waals surface area contributed by atoms with Gasteiger partial charge in [-0.2, -0.15) is 0 Å². The largest absolute Gasteiger partial charge is 0.508 e. The molecule has 5 rings (SSSR count). The van der Waals surface area contributed by atoms with Gasteiger partial charge in [-0.1, -0.05) is 41.9 Å². The van der Waals surface area contributed by atoms with E-state index in [9.17, 15) is 14.7 Å². The fourth-order valence-electron chi connectivity index (χ4n) is 4.49. The molecular weight excluding hydrogens is 440 g/mol. The average Bonchev–Trinajstić information content (AvgIpc) is 3.11. The Hall–Kier alpha value is -3.35. The molecule has 170 valence electrons. The standard InChI is InChI=1S/C22H15ClN2O3.C4H10O/c23-14-7-5-13(6-8-14)19-20(27)25(15-9-11-16(26)12-10-15)22(19)17-3-1-2-4-18(17)24-21(22)28;1-3-5-4-2/h1-12,19,26H,(H,24,28);3-4H2,1-2H3/t19-,22+;/m0./s1. The van der Waals surface area contributed by atoms with Gasteiger partial charge in [-0.05, 0) is 61.9 Å². The van der Waals surface area contributed by atoms with Crippen LogP contribution in [0.25, 0.3) is 0 Å². The third kappa shape index (κ3) is 3.75. The minimum Gasteiger partial charge on any atom is -0.508 e. The Labute approximate surface area is 197 Å². The number of rotatable bonds is 4. The predicted octanol–water partition coefficient (Wildman–Crippen LogP) is 5.07. The van der Waals surface area contributed by atoms with E-state index in [1.54, 1.807) is 36.4 Å². The second-order valence-electron chi connectivity index (χ2n) is 7.72. The normalized spacial score (nSPS) is 20.6. The van der Waals surface area contributed by atoms with Crippen molar-refractivity contribution in [2.75, 3.05) is 23.4 Å². The minimum atomic E-state index is -1.18. The smallest absolute Gasteiger partial charge is 0.256 e. The highest BCUT2D eigenvalue weighted by Crippen LogP contribution is 2.58. The van der Waals surface area contributed by atoms with Crippen LogP contribution in [-0.2, 0) is 19.9 Å². The molecule has 2 aliphatic rings. The maximum Gasteiger partial charge on any atom is 0.256 e. The van der Waals surface area contributed by atoms with E-state index in [0.717, 1.165) is 24.3 Å². The van der Waals surface area contributed by atoms with E-state index >= 15 is 0 Å². The zero-order chi connectivity index (χ0) is 23.6. The zero-order valence-electron chi connectivity index (χ0n) is 18.4. The number of phenols is 1. The van der Waals surface area contributed by atoms with E-state index in [4.69, 9.17) is 16.3 Å². The van der Waals surface area contributed by atoms with Gasteiger partial charge in [0.15, 0.2) is 5.54 Å². The van der Waals surface area contributed by atoms with Gasteiger partial charge in [0.1, 0.15) is 11.7 Å². The van der Waals surface area contributed by atoms with Gasteiger partial charge in [0, 0.05) is 35.2 Å². The third-order valence-corrected chi connectivity index (χ3v) is 6.14. The van der Waals surface area contributed by atoms with Crippen LogP contribution >= 0.6 is 11.6 Å². The summed E-state index contributed by atoms with van der Waals surface area (Å²) in [6.07, 6.45) is 0. The molecule has 3 aromatic carbocycles. The van der Waals surface area contributed by atoms with Gasteiger partial charge in [0.25, 0.3) is 5.91 Å². The monoisotopic (exact) mass is 464 g/mol. The van der Waals surface area contributed by atoms with Gasteiger partial charge in [0.05, 0.1) is 0 Å². The number of nitrogens with one attached hydrogen (secondary N) is 1. The van der Waals surface area contributed by atoms with Crippen molar-refractivity contribution in [2.45, 2.75) is 25.3 Å². The number of fused-ring (bicyclic) bond motifs is 2. The molecule has 2 amide bonds. The molecule has 3 aromatic rings. The lowest BCUT2D eigenvalue weighted by atomic mass is 9.66. The zero-order valence-corrected chi connectivity index (χ0v) is 19.2. The Kier molecular flexibility index (Phi) is 6.40. The Balaban J connectivity index is 0.000000471. The highest BCUT2D eigenvalue weighted by atomic mass is 35.5. The topological polar surface area (TPSA) is 78.9 Å². The van der Waals surface area contributed by atoms with Crippen molar-refractivity contribution in [2.24, 2.45) is 0 Å². The van der Waals surface area contributed by atoms with Crippen LogP contribution in [0.2, 0.25) is 5.02 Å². The maximum atomic E-state index is 13.3. The average molecular weight is 465 g/mol. The number of benzene rings is 3. The first-order chi connectivity index (χ1) is 15.9. The summed E-state index contributed by atoms with van der Waals surface area (Å²) in [5.41, 5.74) is 1.56. The molecule has 1 spiro atoms. The third-order valence-electron chi connectivity index (χ3n) is 5.89. The van der Waals surface area contributed by atoms with Gasteiger partial charge in [-0.15, -0.1) is 0 Å². The van der Waals surface area contributed by atoms with Gasteiger partial charge in [-0.3, -0.25) is 14.5 Å². The van der Waals surface area contributed by atoms with Gasteiger partial charge in [-0.25, -0.2) is 0 Å². The fourth-order valence-corrected chi connectivity index (χ4v) is 4.62. The van der Waals surface area contributed by atoms with Crippen molar-refractivity contribution in [1.29, 1.82) is 0 Å². The Morgan fingerprint density at radius 1 is 0.970 bits per heavy atom. The van der Waals surface area contributed by atoms with E-state index in [2.05, 4.69) is 5.32 Å². The Bertz CT molecular complexity index is 1100. The van der Waals surface area contributed by atoms with Crippen molar-refractivity contribution in [3.8, 4) is 5.75 Å². The molecule has 2 N–H and O–H groups in total. The van der Waals surface area contributed by atoms with Gasteiger partial charge >= 0.3 is 0 Å². The van der Waals surface area contributed by atoms with E-state index < -0.39 is 11.5 Å². The number of β-lactam (4-membered cyclic amide) rings is 1. The number of hydrogen-bond donors (Lipinski definition) is 2. The molecular formula is C26H25ClN2O4. The number of ether oxygens (including phenoxy) is 1. The second kappa shape index (κ2) is 9.25. The number of para-hydroxylation sites is 1. The van der Waals surface area contributed by atoms with Crippen molar-refractivity contribution >= 4 is 34.8 Å². The highest BCUT2D eigenvalue weighted by molar-refractivity contribution is 6.30. The molecule has 2 atom stereocenters. The first kappa shape index (κ1) is 22.8.